The lowest BCUT2D eigenvalue weighted by atomic mass is 10.0. The summed E-state index contributed by atoms with van der Waals surface area (Å²) in [5, 5.41) is 14.1. The molecule has 2 heterocycles. The molecule has 0 saturated carbocycles. The van der Waals surface area contributed by atoms with E-state index in [4.69, 9.17) is 0 Å². The molecule has 0 aliphatic heterocycles. The molecule has 0 N–H and O–H groups in total. The SMILES string of the molecule is N#Cc1ccc(-c2ccc(-n3c4ccccc4c4cc(-c5ccc6c(c5)c5ccccc5n6-c5ccccc5-c5ccccc5)ccc43)cc2)cc1. The van der Waals surface area contributed by atoms with Crippen LogP contribution in [-0.4, -0.2) is 9.13 Å². The Morgan fingerprint density at radius 1 is 0.346 bits per heavy atom. The molecule has 52 heavy (non-hydrogen) atoms. The number of fused-ring (bicyclic) bond motifs is 6. The monoisotopic (exact) mass is 661 g/mol. The van der Waals surface area contributed by atoms with Gasteiger partial charge in [0.05, 0.1) is 39.4 Å². The summed E-state index contributed by atoms with van der Waals surface area (Å²) in [6.45, 7) is 0. The van der Waals surface area contributed by atoms with Gasteiger partial charge in [0.1, 0.15) is 0 Å². The van der Waals surface area contributed by atoms with Crippen molar-refractivity contribution in [3.05, 3.63) is 194 Å². The van der Waals surface area contributed by atoms with Gasteiger partial charge in [-0.25, -0.2) is 0 Å². The van der Waals surface area contributed by atoms with Gasteiger partial charge in [-0.2, -0.15) is 5.26 Å². The standard InChI is InChI=1S/C49H31N3/c50-32-33-18-20-34(21-19-33)35-22-26-39(27-23-35)51-46-16-8-5-13-41(46)43-30-37(24-28-48(43)51)38-25-29-49-44(31-38)42-14-6-9-17-47(42)52(49)45-15-7-4-12-40(45)36-10-2-1-3-11-36/h1-31H. The summed E-state index contributed by atoms with van der Waals surface area (Å²) < 4.78 is 4.78. The van der Waals surface area contributed by atoms with Crippen LogP contribution in [0.1, 0.15) is 5.56 Å². The molecule has 242 valence electrons. The van der Waals surface area contributed by atoms with Gasteiger partial charge in [-0.3, -0.25) is 0 Å². The predicted molar refractivity (Wildman–Crippen MR) is 216 cm³/mol. The average molecular weight is 662 g/mol. The summed E-state index contributed by atoms with van der Waals surface area (Å²) in [7, 11) is 0. The van der Waals surface area contributed by atoms with E-state index in [-0.39, 0.29) is 0 Å². The summed E-state index contributed by atoms with van der Waals surface area (Å²) >= 11 is 0. The zero-order valence-electron chi connectivity index (χ0n) is 28.2. The summed E-state index contributed by atoms with van der Waals surface area (Å²) in [6.07, 6.45) is 0. The van der Waals surface area contributed by atoms with Crippen molar-refractivity contribution in [3.63, 3.8) is 0 Å². The second kappa shape index (κ2) is 12.0. The Balaban J connectivity index is 1.10. The van der Waals surface area contributed by atoms with Crippen molar-refractivity contribution in [2.24, 2.45) is 0 Å². The molecule has 2 aromatic heterocycles. The molecule has 0 saturated heterocycles. The van der Waals surface area contributed by atoms with E-state index in [2.05, 4.69) is 179 Å². The molecule has 0 unspecified atom stereocenters. The van der Waals surface area contributed by atoms with Gasteiger partial charge in [-0.1, -0.05) is 121 Å². The highest BCUT2D eigenvalue weighted by Crippen LogP contribution is 2.40. The first-order valence-corrected chi connectivity index (χ1v) is 17.6. The van der Waals surface area contributed by atoms with Gasteiger partial charge in [0.25, 0.3) is 0 Å². The molecule has 0 bridgehead atoms. The van der Waals surface area contributed by atoms with Crippen LogP contribution in [0.4, 0.5) is 0 Å². The van der Waals surface area contributed by atoms with Crippen molar-refractivity contribution in [1.29, 1.82) is 5.26 Å². The molecule has 0 radical (unpaired) electrons. The van der Waals surface area contributed by atoms with Crippen LogP contribution in [0, 0.1) is 11.3 Å². The number of benzene rings is 8. The molecule has 10 aromatic rings. The third-order valence-corrected chi connectivity index (χ3v) is 10.4. The van der Waals surface area contributed by atoms with E-state index in [1.165, 1.54) is 71.6 Å². The third-order valence-electron chi connectivity index (χ3n) is 10.4. The van der Waals surface area contributed by atoms with Crippen LogP contribution in [0.2, 0.25) is 0 Å². The largest absolute Gasteiger partial charge is 0.309 e. The highest BCUT2D eigenvalue weighted by molar-refractivity contribution is 6.13. The summed E-state index contributed by atoms with van der Waals surface area (Å²) in [6, 6.07) is 69.2. The van der Waals surface area contributed by atoms with E-state index < -0.39 is 0 Å². The van der Waals surface area contributed by atoms with E-state index in [9.17, 15) is 5.26 Å². The first-order chi connectivity index (χ1) is 25.7. The van der Waals surface area contributed by atoms with Crippen molar-refractivity contribution in [2.75, 3.05) is 0 Å². The van der Waals surface area contributed by atoms with Gasteiger partial charge in [-0.05, 0) is 94.5 Å². The number of aromatic nitrogens is 2. The number of rotatable bonds is 5. The fraction of sp³-hybridized carbons (Fsp3) is 0. The number of nitrogens with zero attached hydrogens (tertiary/aromatic N) is 3. The van der Waals surface area contributed by atoms with Crippen molar-refractivity contribution >= 4 is 43.6 Å². The number of hydrogen-bond donors (Lipinski definition) is 0. The fourth-order valence-electron chi connectivity index (χ4n) is 7.91. The van der Waals surface area contributed by atoms with Crippen LogP contribution in [0.25, 0.3) is 88.4 Å². The van der Waals surface area contributed by atoms with E-state index in [1.807, 2.05) is 24.3 Å². The Labute approximate surface area is 301 Å². The Morgan fingerprint density at radius 2 is 0.827 bits per heavy atom. The van der Waals surface area contributed by atoms with Gasteiger partial charge in [-0.15, -0.1) is 0 Å². The normalized spacial score (nSPS) is 11.4. The predicted octanol–water partition coefficient (Wildman–Crippen LogP) is 12.8. The van der Waals surface area contributed by atoms with Gasteiger partial charge in [0.2, 0.25) is 0 Å². The van der Waals surface area contributed by atoms with Crippen LogP contribution in [0.5, 0.6) is 0 Å². The van der Waals surface area contributed by atoms with E-state index >= 15 is 0 Å². The van der Waals surface area contributed by atoms with Crippen molar-refractivity contribution in [2.45, 2.75) is 0 Å². The topological polar surface area (TPSA) is 33.6 Å². The molecule has 0 aliphatic rings. The zero-order valence-corrected chi connectivity index (χ0v) is 28.2. The summed E-state index contributed by atoms with van der Waals surface area (Å²) in [4.78, 5) is 0. The van der Waals surface area contributed by atoms with E-state index in [0.717, 1.165) is 16.8 Å². The fourth-order valence-corrected chi connectivity index (χ4v) is 7.91. The second-order valence-electron chi connectivity index (χ2n) is 13.3. The summed E-state index contributed by atoms with van der Waals surface area (Å²) in [5.74, 6) is 0. The maximum atomic E-state index is 9.20. The van der Waals surface area contributed by atoms with E-state index in [0.29, 0.717) is 5.56 Å². The number of hydrogen-bond acceptors (Lipinski definition) is 1. The zero-order chi connectivity index (χ0) is 34.6. The van der Waals surface area contributed by atoms with Gasteiger partial charge in [0, 0.05) is 32.8 Å². The molecule has 0 spiro atoms. The van der Waals surface area contributed by atoms with Crippen molar-refractivity contribution in [3.8, 4) is 50.8 Å². The molecule has 0 fully saturated rings. The highest BCUT2D eigenvalue weighted by Gasteiger charge is 2.17. The molecule has 3 heteroatoms. The minimum Gasteiger partial charge on any atom is -0.309 e. The molecular weight excluding hydrogens is 631 g/mol. The molecule has 8 aromatic carbocycles. The average Bonchev–Trinajstić information content (AvgIpc) is 3.73. The van der Waals surface area contributed by atoms with Gasteiger partial charge < -0.3 is 9.13 Å². The molecule has 3 nitrogen and oxygen atoms in total. The molecule has 0 aliphatic carbocycles. The smallest absolute Gasteiger partial charge is 0.0991 e. The Hall–Kier alpha value is -7.15. The Kier molecular flexibility index (Phi) is 6.87. The number of nitriles is 1. The number of para-hydroxylation sites is 3. The van der Waals surface area contributed by atoms with Crippen LogP contribution in [0.3, 0.4) is 0 Å². The van der Waals surface area contributed by atoms with Crippen LogP contribution < -0.4 is 0 Å². The van der Waals surface area contributed by atoms with Crippen molar-refractivity contribution < 1.29 is 0 Å². The highest BCUT2D eigenvalue weighted by atomic mass is 15.0. The summed E-state index contributed by atoms with van der Waals surface area (Å²) in [5.41, 5.74) is 14.7. The Morgan fingerprint density at radius 3 is 1.46 bits per heavy atom. The second-order valence-corrected chi connectivity index (χ2v) is 13.3. The first kappa shape index (κ1) is 29.7. The lowest BCUT2D eigenvalue weighted by Gasteiger charge is -2.14. The van der Waals surface area contributed by atoms with Crippen LogP contribution in [0.15, 0.2) is 188 Å². The van der Waals surface area contributed by atoms with Crippen molar-refractivity contribution in [1.82, 2.24) is 9.13 Å². The molecule has 0 amide bonds. The van der Waals surface area contributed by atoms with Gasteiger partial charge in [0.15, 0.2) is 0 Å². The quantitative estimate of drug-likeness (QED) is 0.181. The maximum Gasteiger partial charge on any atom is 0.0991 e. The Bertz CT molecular complexity index is 2990. The maximum absolute atomic E-state index is 9.20. The lowest BCUT2D eigenvalue weighted by molar-refractivity contribution is 1.18. The molecular formula is C49H31N3. The minimum absolute atomic E-state index is 0.668. The molecule has 10 rings (SSSR count). The van der Waals surface area contributed by atoms with Crippen LogP contribution >= 0.6 is 0 Å². The minimum atomic E-state index is 0.668. The lowest BCUT2D eigenvalue weighted by Crippen LogP contribution is -1.97. The third kappa shape index (κ3) is 4.74. The first-order valence-electron chi connectivity index (χ1n) is 17.6. The van der Waals surface area contributed by atoms with Crippen LogP contribution in [-0.2, 0) is 0 Å². The van der Waals surface area contributed by atoms with E-state index in [1.54, 1.807) is 0 Å². The van der Waals surface area contributed by atoms with Gasteiger partial charge >= 0.3 is 0 Å². The molecule has 0 atom stereocenters.